The summed E-state index contributed by atoms with van der Waals surface area (Å²) in [5.74, 6) is -0.426. The second-order valence-electron chi connectivity index (χ2n) is 6.96. The summed E-state index contributed by atoms with van der Waals surface area (Å²) in [7, 11) is 0. The Morgan fingerprint density at radius 1 is 1.03 bits per heavy atom. The van der Waals surface area contributed by atoms with E-state index < -0.39 is 0 Å². The Balaban J connectivity index is 1.63. The normalized spacial score (nSPS) is 16.6. The first kappa shape index (κ1) is 19.2. The molecule has 1 saturated heterocycles. The number of carbonyl (C=O) groups excluding carboxylic acids is 1. The summed E-state index contributed by atoms with van der Waals surface area (Å²) in [5, 5.41) is 3.39. The Labute approximate surface area is 173 Å². The highest BCUT2D eigenvalue weighted by Gasteiger charge is 2.24. The number of halogens is 1. The number of aromatic nitrogens is 1. The van der Waals surface area contributed by atoms with Crippen molar-refractivity contribution in [3.05, 3.63) is 87.8 Å². The van der Waals surface area contributed by atoms with Crippen LogP contribution in [-0.2, 0) is 4.79 Å². The first-order chi connectivity index (χ1) is 13.9. The molecule has 0 saturated carbocycles. The topological polar surface area (TPSA) is 46.4 Å². The zero-order valence-electron chi connectivity index (χ0n) is 16.4. The van der Waals surface area contributed by atoms with Gasteiger partial charge in [-0.1, -0.05) is 17.7 Å². The maximum Gasteiger partial charge on any atom is 0.264 e. The third kappa shape index (κ3) is 4.03. The van der Waals surface area contributed by atoms with E-state index in [9.17, 15) is 9.18 Å². The van der Waals surface area contributed by atoms with Gasteiger partial charge in [0.05, 0.1) is 10.6 Å². The van der Waals surface area contributed by atoms with Crippen LogP contribution < -0.4 is 5.32 Å². The van der Waals surface area contributed by atoms with Gasteiger partial charge in [0.15, 0.2) is 5.17 Å². The van der Waals surface area contributed by atoms with E-state index in [4.69, 9.17) is 0 Å². The molecule has 146 valence electrons. The van der Waals surface area contributed by atoms with Gasteiger partial charge in [-0.25, -0.2) is 9.38 Å². The third-order valence-electron chi connectivity index (χ3n) is 4.76. The molecule has 2 aromatic carbocycles. The molecule has 4 rings (SSSR count). The first-order valence-corrected chi connectivity index (χ1v) is 10.0. The first-order valence-electron chi connectivity index (χ1n) is 9.22. The zero-order valence-corrected chi connectivity index (χ0v) is 17.2. The molecule has 29 heavy (non-hydrogen) atoms. The number of aliphatic imine (C=N–C) groups is 1. The summed E-state index contributed by atoms with van der Waals surface area (Å²) in [6.07, 6.45) is 1.88. The Morgan fingerprint density at radius 3 is 2.41 bits per heavy atom. The predicted molar refractivity (Wildman–Crippen MR) is 117 cm³/mol. The number of hydrogen-bond donors (Lipinski definition) is 1. The van der Waals surface area contributed by atoms with E-state index >= 15 is 0 Å². The summed E-state index contributed by atoms with van der Waals surface area (Å²) >= 11 is 1.33. The molecule has 1 aliphatic rings. The minimum atomic E-state index is -0.266. The molecule has 0 atom stereocenters. The van der Waals surface area contributed by atoms with E-state index in [1.54, 1.807) is 12.1 Å². The van der Waals surface area contributed by atoms with Crippen LogP contribution in [0.15, 0.2) is 64.5 Å². The van der Waals surface area contributed by atoms with Gasteiger partial charge in [0.1, 0.15) is 5.82 Å². The Morgan fingerprint density at radius 2 is 1.72 bits per heavy atom. The second-order valence-corrected chi connectivity index (χ2v) is 7.99. The molecule has 0 radical (unpaired) electrons. The molecule has 3 aromatic rings. The van der Waals surface area contributed by atoms with Crippen LogP contribution >= 0.6 is 11.8 Å². The lowest BCUT2D eigenvalue weighted by Crippen LogP contribution is -2.19. The highest BCUT2D eigenvalue weighted by Crippen LogP contribution is 2.30. The zero-order chi connectivity index (χ0) is 20.5. The maximum absolute atomic E-state index is 13.3. The Kier molecular flexibility index (Phi) is 5.11. The van der Waals surface area contributed by atoms with Gasteiger partial charge in [0.25, 0.3) is 5.91 Å². The predicted octanol–water partition coefficient (Wildman–Crippen LogP) is 5.43. The molecule has 1 aliphatic heterocycles. The largest absolute Gasteiger partial charge is 0.318 e. The van der Waals surface area contributed by atoms with Crippen molar-refractivity contribution >= 4 is 34.6 Å². The van der Waals surface area contributed by atoms with Gasteiger partial charge in [-0.15, -0.1) is 0 Å². The number of aryl methyl sites for hydroxylation is 2. The molecule has 0 bridgehead atoms. The molecule has 4 nitrogen and oxygen atoms in total. The van der Waals surface area contributed by atoms with Crippen LogP contribution in [0.3, 0.4) is 0 Å². The standard InChI is InChI=1S/C23H20FN3OS/c1-14-4-8-19(9-5-14)25-23-26-22(28)21(29-23)13-17-12-15(2)27(16(17)3)20-10-6-18(24)7-11-20/h4-13H,1-3H3,(H,25,26,28)/b21-13-. The molecule has 1 aromatic heterocycles. The van der Waals surface area contributed by atoms with E-state index in [0.29, 0.717) is 10.1 Å². The molecule has 1 fully saturated rings. The van der Waals surface area contributed by atoms with E-state index in [-0.39, 0.29) is 11.7 Å². The fourth-order valence-corrected chi connectivity index (χ4v) is 4.11. The second kappa shape index (κ2) is 7.72. The molecule has 0 aliphatic carbocycles. The van der Waals surface area contributed by atoms with Gasteiger partial charge in [-0.3, -0.25) is 4.79 Å². The fourth-order valence-electron chi connectivity index (χ4n) is 3.28. The molecule has 1 N–H and O–H groups in total. The number of amides is 1. The van der Waals surface area contributed by atoms with Crippen molar-refractivity contribution in [3.8, 4) is 5.69 Å². The van der Waals surface area contributed by atoms with Gasteiger partial charge >= 0.3 is 0 Å². The van der Waals surface area contributed by atoms with E-state index in [1.165, 1.54) is 23.9 Å². The van der Waals surface area contributed by atoms with Crippen LogP contribution in [0, 0.1) is 26.6 Å². The number of rotatable bonds is 3. The van der Waals surface area contributed by atoms with Gasteiger partial charge in [0.2, 0.25) is 0 Å². The van der Waals surface area contributed by atoms with Crippen LogP contribution in [0.2, 0.25) is 0 Å². The summed E-state index contributed by atoms with van der Waals surface area (Å²) in [6.45, 7) is 6.00. The van der Waals surface area contributed by atoms with Gasteiger partial charge < -0.3 is 9.88 Å². The van der Waals surface area contributed by atoms with Crippen molar-refractivity contribution in [1.82, 2.24) is 9.88 Å². The minimum Gasteiger partial charge on any atom is -0.318 e. The average molecular weight is 405 g/mol. The fraction of sp³-hybridized carbons (Fsp3) is 0.130. The van der Waals surface area contributed by atoms with Crippen LogP contribution in [0.25, 0.3) is 11.8 Å². The summed E-state index contributed by atoms with van der Waals surface area (Å²) in [6, 6.07) is 16.2. The highest BCUT2D eigenvalue weighted by atomic mass is 32.2. The monoisotopic (exact) mass is 405 g/mol. The summed E-state index contributed by atoms with van der Waals surface area (Å²) in [4.78, 5) is 17.5. The lowest BCUT2D eigenvalue weighted by atomic mass is 10.2. The number of thioether (sulfide) groups is 1. The minimum absolute atomic E-state index is 0.160. The summed E-state index contributed by atoms with van der Waals surface area (Å²) < 4.78 is 15.3. The van der Waals surface area contributed by atoms with Crippen LogP contribution in [-0.4, -0.2) is 15.6 Å². The Bertz CT molecular complexity index is 1140. The van der Waals surface area contributed by atoms with Gasteiger partial charge in [-0.2, -0.15) is 0 Å². The maximum atomic E-state index is 13.3. The lowest BCUT2D eigenvalue weighted by Gasteiger charge is -2.09. The Hall–Kier alpha value is -3.12. The van der Waals surface area contributed by atoms with Crippen LogP contribution in [0.4, 0.5) is 10.1 Å². The molecule has 2 heterocycles. The number of nitrogens with zero attached hydrogens (tertiary/aromatic N) is 2. The molecule has 0 unspecified atom stereocenters. The van der Waals surface area contributed by atoms with Crippen molar-refractivity contribution < 1.29 is 9.18 Å². The smallest absolute Gasteiger partial charge is 0.264 e. The number of hydrogen-bond acceptors (Lipinski definition) is 3. The molecule has 0 spiro atoms. The third-order valence-corrected chi connectivity index (χ3v) is 5.67. The molecule has 6 heteroatoms. The number of nitrogens with one attached hydrogen (secondary N) is 1. The molecular weight excluding hydrogens is 385 g/mol. The van der Waals surface area contributed by atoms with Crippen LogP contribution in [0.5, 0.6) is 0 Å². The van der Waals surface area contributed by atoms with E-state index in [0.717, 1.165) is 33.9 Å². The number of carbonyl (C=O) groups is 1. The van der Waals surface area contributed by atoms with Crippen molar-refractivity contribution in [2.24, 2.45) is 4.99 Å². The van der Waals surface area contributed by atoms with Crippen molar-refractivity contribution in [3.63, 3.8) is 0 Å². The highest BCUT2D eigenvalue weighted by molar-refractivity contribution is 8.18. The average Bonchev–Trinajstić information content (AvgIpc) is 3.17. The number of amidine groups is 1. The van der Waals surface area contributed by atoms with Gasteiger partial charge in [-0.05, 0) is 86.6 Å². The van der Waals surface area contributed by atoms with Crippen LogP contribution in [0.1, 0.15) is 22.5 Å². The SMILES string of the molecule is Cc1ccc(N=C2NC(=O)/C(=C/c3cc(C)n(-c4ccc(F)cc4)c3C)S2)cc1. The van der Waals surface area contributed by atoms with Crippen molar-refractivity contribution in [2.75, 3.05) is 0 Å². The summed E-state index contributed by atoms with van der Waals surface area (Å²) in [5.41, 5.74) is 5.79. The molecular formula is C23H20FN3OS. The van der Waals surface area contributed by atoms with E-state index in [2.05, 4.69) is 10.3 Å². The van der Waals surface area contributed by atoms with Crippen molar-refractivity contribution in [1.29, 1.82) is 0 Å². The van der Waals surface area contributed by atoms with Gasteiger partial charge in [0, 0.05) is 17.1 Å². The van der Waals surface area contributed by atoms with E-state index in [1.807, 2.05) is 61.7 Å². The molecule has 1 amide bonds. The number of benzene rings is 2. The quantitative estimate of drug-likeness (QED) is 0.591. The lowest BCUT2D eigenvalue weighted by molar-refractivity contribution is -0.115. The van der Waals surface area contributed by atoms with Crippen molar-refractivity contribution in [2.45, 2.75) is 20.8 Å².